The van der Waals surface area contributed by atoms with Gasteiger partial charge in [-0.1, -0.05) is 30.3 Å². The summed E-state index contributed by atoms with van der Waals surface area (Å²) in [6.45, 7) is 0. The number of nitrogens with one attached hydrogen (secondary N) is 1. The number of carbonyl (C=O) groups is 2. The number of ether oxygens (including phenoxy) is 1. The van der Waals surface area contributed by atoms with E-state index >= 15 is 0 Å². The zero-order valence-electron chi connectivity index (χ0n) is 16.9. The minimum Gasteiger partial charge on any atom is -0.467 e. The number of ketones is 1. The van der Waals surface area contributed by atoms with Gasteiger partial charge in [-0.15, -0.1) is 0 Å². The van der Waals surface area contributed by atoms with Crippen molar-refractivity contribution in [2.75, 3.05) is 7.11 Å². The minimum absolute atomic E-state index is 0.0312. The molecule has 158 valence electrons. The van der Waals surface area contributed by atoms with Gasteiger partial charge in [0.15, 0.2) is 5.78 Å². The number of allylic oxidation sites excluding steroid dienone is 1. The molecule has 8 heteroatoms. The zero-order valence-corrected chi connectivity index (χ0v) is 16.9. The first kappa shape index (κ1) is 20.3. The van der Waals surface area contributed by atoms with Crippen LogP contribution < -0.4 is 0 Å². The third kappa shape index (κ3) is 4.05. The second-order valence-corrected chi connectivity index (χ2v) is 7.40. The number of H-pyrrole nitrogens is 1. The van der Waals surface area contributed by atoms with Crippen LogP contribution in [-0.4, -0.2) is 39.7 Å². The molecule has 2 atom stereocenters. The van der Waals surface area contributed by atoms with Gasteiger partial charge in [-0.25, -0.2) is 4.79 Å². The molecule has 0 radical (unpaired) electrons. The van der Waals surface area contributed by atoms with Crippen molar-refractivity contribution in [3.8, 4) is 0 Å². The van der Waals surface area contributed by atoms with Gasteiger partial charge in [0.05, 0.1) is 18.1 Å². The SMILES string of the molecule is COC(=O)[C@H](Cc1c[nH]c2ccccc12)N1C=CC(=O)C[C@H]1c1ccc([N+](=O)[O-])cc1. The van der Waals surface area contributed by atoms with Gasteiger partial charge in [-0.05, 0) is 23.3 Å². The first-order chi connectivity index (χ1) is 15.0. The lowest BCUT2D eigenvalue weighted by atomic mass is 9.93. The molecule has 0 saturated heterocycles. The molecule has 0 amide bonds. The van der Waals surface area contributed by atoms with Crippen molar-refractivity contribution in [1.82, 2.24) is 9.88 Å². The van der Waals surface area contributed by atoms with Gasteiger partial charge in [0.1, 0.15) is 6.04 Å². The van der Waals surface area contributed by atoms with Crippen LogP contribution in [0.25, 0.3) is 10.9 Å². The first-order valence-corrected chi connectivity index (χ1v) is 9.83. The number of non-ortho nitro benzene ring substituents is 1. The standard InChI is InChI=1S/C23H21N3O5/c1-31-23(28)22(12-16-14-24-20-5-3-2-4-19(16)20)25-11-10-18(27)13-21(25)15-6-8-17(9-7-15)26(29)30/h2-11,14,21-22,24H,12-13H2,1H3/t21-,22-/m0/s1. The van der Waals surface area contributed by atoms with Crippen LogP contribution in [0.15, 0.2) is 67.0 Å². The second-order valence-electron chi connectivity index (χ2n) is 7.40. The van der Waals surface area contributed by atoms with Crippen molar-refractivity contribution in [1.29, 1.82) is 0 Å². The number of aromatic amines is 1. The molecule has 3 aromatic rings. The number of carbonyl (C=O) groups excluding carboxylic acids is 2. The van der Waals surface area contributed by atoms with Crippen molar-refractivity contribution >= 4 is 28.3 Å². The highest BCUT2D eigenvalue weighted by Crippen LogP contribution is 2.33. The maximum atomic E-state index is 12.8. The van der Waals surface area contributed by atoms with Crippen LogP contribution in [0.4, 0.5) is 5.69 Å². The van der Waals surface area contributed by atoms with E-state index in [-0.39, 0.29) is 17.9 Å². The van der Waals surface area contributed by atoms with Gasteiger partial charge in [-0.3, -0.25) is 14.9 Å². The smallest absolute Gasteiger partial charge is 0.328 e. The number of rotatable bonds is 6. The minimum atomic E-state index is -0.672. The molecule has 8 nitrogen and oxygen atoms in total. The van der Waals surface area contributed by atoms with E-state index in [1.54, 1.807) is 18.3 Å². The maximum absolute atomic E-state index is 12.8. The van der Waals surface area contributed by atoms with Crippen LogP contribution in [0, 0.1) is 10.1 Å². The van der Waals surface area contributed by atoms with Crippen LogP contribution in [-0.2, 0) is 20.7 Å². The molecule has 1 N–H and O–H groups in total. The van der Waals surface area contributed by atoms with Crippen molar-refractivity contribution in [3.05, 3.63) is 88.2 Å². The van der Waals surface area contributed by atoms with Crippen LogP contribution in [0.3, 0.4) is 0 Å². The molecule has 0 bridgehead atoms. The Hall–Kier alpha value is -3.94. The van der Waals surface area contributed by atoms with E-state index in [2.05, 4.69) is 4.98 Å². The van der Waals surface area contributed by atoms with Crippen molar-refractivity contribution in [2.45, 2.75) is 24.9 Å². The molecule has 1 aliphatic rings. The van der Waals surface area contributed by atoms with Crippen molar-refractivity contribution in [2.24, 2.45) is 0 Å². The number of hydrogen-bond acceptors (Lipinski definition) is 6. The Morgan fingerprint density at radius 2 is 2.00 bits per heavy atom. The van der Waals surface area contributed by atoms with Crippen LogP contribution in [0.2, 0.25) is 0 Å². The lowest BCUT2D eigenvalue weighted by Crippen LogP contribution is -2.44. The number of nitro groups is 1. The van der Waals surface area contributed by atoms with Gasteiger partial charge in [-0.2, -0.15) is 0 Å². The van der Waals surface area contributed by atoms with Gasteiger partial charge in [0.25, 0.3) is 5.69 Å². The normalized spacial score (nSPS) is 17.0. The Kier molecular flexibility index (Phi) is 5.53. The molecule has 2 aromatic carbocycles. The summed E-state index contributed by atoms with van der Waals surface area (Å²) in [6, 6.07) is 12.8. The summed E-state index contributed by atoms with van der Waals surface area (Å²) < 4.78 is 5.09. The first-order valence-electron chi connectivity index (χ1n) is 9.83. The van der Waals surface area contributed by atoms with E-state index in [0.717, 1.165) is 22.0 Å². The Morgan fingerprint density at radius 1 is 1.26 bits per heavy atom. The zero-order chi connectivity index (χ0) is 22.0. The molecule has 1 aliphatic heterocycles. The summed E-state index contributed by atoms with van der Waals surface area (Å²) in [7, 11) is 1.34. The molecule has 0 fully saturated rings. The summed E-state index contributed by atoms with van der Waals surface area (Å²) in [5, 5.41) is 12.0. The number of nitro benzene ring substituents is 1. The largest absolute Gasteiger partial charge is 0.467 e. The van der Waals surface area contributed by atoms with Gasteiger partial charge >= 0.3 is 5.97 Å². The number of para-hydroxylation sites is 1. The maximum Gasteiger partial charge on any atom is 0.328 e. The molecule has 31 heavy (non-hydrogen) atoms. The number of esters is 1. The predicted molar refractivity (Wildman–Crippen MR) is 114 cm³/mol. The van der Waals surface area contributed by atoms with E-state index in [1.165, 1.54) is 25.3 Å². The number of benzene rings is 2. The van der Waals surface area contributed by atoms with E-state index in [4.69, 9.17) is 4.74 Å². The van der Waals surface area contributed by atoms with Crippen LogP contribution in [0.5, 0.6) is 0 Å². The van der Waals surface area contributed by atoms with Crippen molar-refractivity contribution < 1.29 is 19.2 Å². The monoisotopic (exact) mass is 419 g/mol. The molecule has 0 aliphatic carbocycles. The van der Waals surface area contributed by atoms with E-state index in [9.17, 15) is 19.7 Å². The average Bonchev–Trinajstić information content (AvgIpc) is 3.20. The molecule has 2 heterocycles. The molecule has 0 saturated carbocycles. The topological polar surface area (TPSA) is 106 Å². The molecule has 4 rings (SSSR count). The van der Waals surface area contributed by atoms with Crippen molar-refractivity contribution in [3.63, 3.8) is 0 Å². The third-order valence-electron chi connectivity index (χ3n) is 5.60. The van der Waals surface area contributed by atoms with Crippen LogP contribution >= 0.6 is 0 Å². The Morgan fingerprint density at radius 3 is 2.71 bits per heavy atom. The highest BCUT2D eigenvalue weighted by atomic mass is 16.6. The Bertz CT molecular complexity index is 1170. The Balaban J connectivity index is 1.71. The van der Waals surface area contributed by atoms with Gasteiger partial charge in [0, 0.05) is 48.3 Å². The number of hydrogen-bond donors (Lipinski definition) is 1. The number of fused-ring (bicyclic) bond motifs is 1. The van der Waals surface area contributed by atoms with Crippen LogP contribution in [0.1, 0.15) is 23.6 Å². The molecule has 0 spiro atoms. The second kappa shape index (κ2) is 8.43. The fourth-order valence-electron chi connectivity index (χ4n) is 4.02. The summed E-state index contributed by atoms with van der Waals surface area (Å²) in [5.74, 6) is -0.494. The summed E-state index contributed by atoms with van der Waals surface area (Å²) in [4.78, 5) is 40.5. The predicted octanol–water partition coefficient (Wildman–Crippen LogP) is 3.69. The van der Waals surface area contributed by atoms with E-state index in [0.29, 0.717) is 6.42 Å². The van der Waals surface area contributed by atoms with Gasteiger partial charge in [0.2, 0.25) is 0 Å². The third-order valence-corrected chi connectivity index (χ3v) is 5.60. The quantitative estimate of drug-likeness (QED) is 0.371. The molecular weight excluding hydrogens is 398 g/mol. The lowest BCUT2D eigenvalue weighted by molar-refractivity contribution is -0.384. The number of methoxy groups -OCH3 is 1. The highest BCUT2D eigenvalue weighted by molar-refractivity contribution is 5.91. The number of nitrogens with zero attached hydrogens (tertiary/aromatic N) is 2. The summed E-state index contributed by atoms with van der Waals surface area (Å²) in [6.07, 6.45) is 5.48. The summed E-state index contributed by atoms with van der Waals surface area (Å²) >= 11 is 0. The summed E-state index contributed by atoms with van der Waals surface area (Å²) in [5.41, 5.74) is 2.61. The number of aromatic nitrogens is 1. The average molecular weight is 419 g/mol. The van der Waals surface area contributed by atoms with E-state index in [1.807, 2.05) is 35.4 Å². The molecular formula is C23H21N3O5. The molecule has 1 aromatic heterocycles. The molecule has 0 unspecified atom stereocenters. The fourth-order valence-corrected chi connectivity index (χ4v) is 4.02. The highest BCUT2D eigenvalue weighted by Gasteiger charge is 2.35. The Labute approximate surface area is 178 Å². The lowest BCUT2D eigenvalue weighted by Gasteiger charge is -2.38. The fraction of sp³-hybridized carbons (Fsp3) is 0.217. The van der Waals surface area contributed by atoms with Gasteiger partial charge < -0.3 is 14.6 Å². The van der Waals surface area contributed by atoms with E-state index < -0.39 is 23.0 Å².